The minimum absolute atomic E-state index is 0.00351. The number of amides is 1. The molecule has 160 valence electrons. The van der Waals surface area contributed by atoms with Gasteiger partial charge in [-0.3, -0.25) is 4.79 Å². The maximum absolute atomic E-state index is 12.9. The Balaban J connectivity index is 1.57. The van der Waals surface area contributed by atoms with E-state index in [-0.39, 0.29) is 11.9 Å². The van der Waals surface area contributed by atoms with E-state index in [2.05, 4.69) is 40.4 Å². The van der Waals surface area contributed by atoms with Crippen LogP contribution in [0.4, 0.5) is 5.82 Å². The van der Waals surface area contributed by atoms with Crippen molar-refractivity contribution in [3.8, 4) is 11.3 Å². The number of aromatic nitrogens is 2. The Hall–Kier alpha value is -3.28. The number of nitrogens with one attached hydrogen (secondary N) is 2. The molecule has 1 unspecified atom stereocenters. The molecule has 4 N–H and O–H groups in total. The molecule has 1 atom stereocenters. The minimum atomic E-state index is 0.00351. The van der Waals surface area contributed by atoms with Crippen LogP contribution in [0.5, 0.6) is 0 Å². The molecule has 6 nitrogen and oxygen atoms in total. The molecule has 1 aromatic carbocycles. The van der Waals surface area contributed by atoms with E-state index in [0.29, 0.717) is 17.1 Å². The highest BCUT2D eigenvalue weighted by atomic mass is 16.1. The number of hydrogen-bond donors (Lipinski definition) is 3. The molecule has 6 heteroatoms. The van der Waals surface area contributed by atoms with Crippen LogP contribution in [0.15, 0.2) is 47.3 Å². The molecular weight excluding hydrogens is 386 g/mol. The van der Waals surface area contributed by atoms with E-state index < -0.39 is 0 Å². The Kier molecular flexibility index (Phi) is 5.98. The number of nitrogen functional groups attached to an aromatic ring is 1. The number of nitrogens with zero attached hydrogens (tertiary/aromatic N) is 2. The minimum Gasteiger partial charge on any atom is -0.383 e. The van der Waals surface area contributed by atoms with Crippen LogP contribution in [0, 0.1) is 5.41 Å². The van der Waals surface area contributed by atoms with Crippen LogP contribution >= 0.6 is 0 Å². The van der Waals surface area contributed by atoms with Crippen LogP contribution < -0.4 is 11.1 Å². The molecule has 0 bridgehead atoms. The average Bonchev–Trinajstić information content (AvgIpc) is 3.17. The van der Waals surface area contributed by atoms with Gasteiger partial charge in [0.15, 0.2) is 0 Å². The summed E-state index contributed by atoms with van der Waals surface area (Å²) < 4.78 is 0. The first-order valence-electron chi connectivity index (χ1n) is 10.9. The molecule has 0 saturated heterocycles. The third-order valence-electron chi connectivity index (χ3n) is 6.39. The molecule has 4 rings (SSSR count). The number of benzene rings is 1. The second kappa shape index (κ2) is 8.84. The first kappa shape index (κ1) is 21.0. The average molecular weight is 416 g/mol. The molecule has 1 amide bonds. The van der Waals surface area contributed by atoms with Crippen molar-refractivity contribution in [2.75, 3.05) is 5.73 Å². The highest BCUT2D eigenvalue weighted by Gasteiger charge is 2.23. The Morgan fingerprint density at radius 1 is 1.23 bits per heavy atom. The Morgan fingerprint density at radius 2 is 2.06 bits per heavy atom. The van der Waals surface area contributed by atoms with Crippen molar-refractivity contribution in [1.29, 1.82) is 5.41 Å². The normalized spacial score (nSPS) is 18.6. The van der Waals surface area contributed by atoms with E-state index in [1.54, 1.807) is 0 Å². The van der Waals surface area contributed by atoms with Crippen LogP contribution in [-0.4, -0.2) is 22.1 Å². The number of aryl methyl sites for hydroxylation is 1. The maximum Gasteiger partial charge on any atom is 0.247 e. The van der Waals surface area contributed by atoms with Crippen LogP contribution in [0.2, 0.25) is 0 Å². The lowest BCUT2D eigenvalue weighted by atomic mass is 9.85. The molecule has 2 aromatic rings. The highest BCUT2D eigenvalue weighted by Crippen LogP contribution is 2.34. The lowest BCUT2D eigenvalue weighted by molar-refractivity contribution is -0.118. The zero-order chi connectivity index (χ0) is 22.0. The summed E-state index contributed by atoms with van der Waals surface area (Å²) in [6.45, 7) is 4.06. The monoisotopic (exact) mass is 415 g/mol. The van der Waals surface area contributed by atoms with Crippen LogP contribution in [0.3, 0.4) is 0 Å². The van der Waals surface area contributed by atoms with Crippen molar-refractivity contribution in [2.24, 2.45) is 0 Å². The van der Waals surface area contributed by atoms with Gasteiger partial charge in [-0.25, -0.2) is 9.97 Å². The zero-order valence-electron chi connectivity index (χ0n) is 18.2. The largest absolute Gasteiger partial charge is 0.383 e. The summed E-state index contributed by atoms with van der Waals surface area (Å²) in [5.74, 6) is 0.307. The van der Waals surface area contributed by atoms with Gasteiger partial charge in [-0.1, -0.05) is 23.8 Å². The highest BCUT2D eigenvalue weighted by molar-refractivity contribution is 5.94. The van der Waals surface area contributed by atoms with Gasteiger partial charge in [0.2, 0.25) is 5.91 Å². The SMILES string of the molecule is CC1=C(/C=C(\C)C(=O)NC2CCCc3cc(-c4ncnc(N)c4C=N)ccc32)CCC1. The topological polar surface area (TPSA) is 105 Å². The molecule has 0 radical (unpaired) electrons. The third-order valence-corrected chi connectivity index (χ3v) is 6.39. The smallest absolute Gasteiger partial charge is 0.247 e. The van der Waals surface area contributed by atoms with Crippen molar-refractivity contribution in [2.45, 2.75) is 58.4 Å². The predicted octanol–water partition coefficient (Wildman–Crippen LogP) is 4.66. The third kappa shape index (κ3) is 4.29. The van der Waals surface area contributed by atoms with Gasteiger partial charge < -0.3 is 16.5 Å². The van der Waals surface area contributed by atoms with Gasteiger partial charge in [0.1, 0.15) is 12.1 Å². The number of anilines is 1. The molecule has 0 fully saturated rings. The number of fused-ring (bicyclic) bond motifs is 1. The summed E-state index contributed by atoms with van der Waals surface area (Å²) in [6.07, 6.45) is 11.0. The van der Waals surface area contributed by atoms with Gasteiger partial charge in [-0.2, -0.15) is 0 Å². The fraction of sp³-hybridized carbons (Fsp3) is 0.360. The summed E-state index contributed by atoms with van der Waals surface area (Å²) in [5.41, 5.74) is 13.9. The second-order valence-electron chi connectivity index (χ2n) is 8.48. The molecule has 0 spiro atoms. The number of carbonyl (C=O) groups excluding carboxylic acids is 1. The maximum atomic E-state index is 12.9. The van der Waals surface area contributed by atoms with Crippen molar-refractivity contribution < 1.29 is 4.79 Å². The van der Waals surface area contributed by atoms with Crippen LogP contribution in [-0.2, 0) is 11.2 Å². The lowest BCUT2D eigenvalue weighted by Gasteiger charge is -2.27. The molecule has 2 aliphatic carbocycles. The Bertz CT molecular complexity index is 1100. The zero-order valence-corrected chi connectivity index (χ0v) is 18.2. The second-order valence-corrected chi connectivity index (χ2v) is 8.48. The summed E-state index contributed by atoms with van der Waals surface area (Å²) in [4.78, 5) is 21.2. The first-order chi connectivity index (χ1) is 15.0. The molecule has 1 heterocycles. The van der Waals surface area contributed by atoms with E-state index >= 15 is 0 Å². The summed E-state index contributed by atoms with van der Waals surface area (Å²) in [6, 6.07) is 6.18. The van der Waals surface area contributed by atoms with Crippen molar-refractivity contribution in [3.63, 3.8) is 0 Å². The molecular formula is C25H29N5O. The van der Waals surface area contributed by atoms with E-state index in [1.165, 1.54) is 35.7 Å². The van der Waals surface area contributed by atoms with Crippen molar-refractivity contribution in [1.82, 2.24) is 15.3 Å². The van der Waals surface area contributed by atoms with Gasteiger partial charge in [0, 0.05) is 17.4 Å². The van der Waals surface area contributed by atoms with Crippen molar-refractivity contribution >= 4 is 17.9 Å². The standard InChI is InChI=1S/C25H29N5O/c1-15-5-3-6-17(15)11-16(2)25(31)30-22-8-4-7-18-12-19(9-10-20(18)22)23-21(13-26)24(27)29-14-28-23/h9-14,22,26H,3-8H2,1-2H3,(H,30,31)(H2,27,28,29)/b16-11+,26-13?. The Morgan fingerprint density at radius 3 is 2.81 bits per heavy atom. The number of allylic oxidation sites excluding steroid dienone is 3. The number of carbonyl (C=O) groups is 1. The van der Waals surface area contributed by atoms with Gasteiger partial charge in [-0.05, 0) is 75.1 Å². The van der Waals surface area contributed by atoms with Gasteiger partial charge in [0.05, 0.1) is 17.3 Å². The van der Waals surface area contributed by atoms with Crippen LogP contribution in [0.25, 0.3) is 11.3 Å². The van der Waals surface area contributed by atoms with Gasteiger partial charge >= 0.3 is 0 Å². The van der Waals surface area contributed by atoms with E-state index in [9.17, 15) is 4.79 Å². The number of nitrogens with two attached hydrogens (primary N) is 1. The molecule has 0 aliphatic heterocycles. The van der Waals surface area contributed by atoms with E-state index in [1.807, 2.05) is 13.0 Å². The lowest BCUT2D eigenvalue weighted by Crippen LogP contribution is -2.31. The van der Waals surface area contributed by atoms with E-state index in [0.717, 1.165) is 48.8 Å². The van der Waals surface area contributed by atoms with Gasteiger partial charge in [-0.15, -0.1) is 0 Å². The molecule has 2 aliphatic rings. The summed E-state index contributed by atoms with van der Waals surface area (Å²) in [7, 11) is 0. The van der Waals surface area contributed by atoms with Crippen molar-refractivity contribution in [3.05, 3.63) is 64.0 Å². The molecule has 0 saturated carbocycles. The van der Waals surface area contributed by atoms with Crippen LogP contribution in [0.1, 0.15) is 68.7 Å². The molecule has 31 heavy (non-hydrogen) atoms. The number of hydrogen-bond acceptors (Lipinski definition) is 5. The molecule has 1 aromatic heterocycles. The fourth-order valence-corrected chi connectivity index (χ4v) is 4.61. The quantitative estimate of drug-likeness (QED) is 0.488. The Labute approximate surface area is 183 Å². The van der Waals surface area contributed by atoms with Gasteiger partial charge in [0.25, 0.3) is 0 Å². The summed E-state index contributed by atoms with van der Waals surface area (Å²) in [5, 5.41) is 10.9. The number of rotatable bonds is 5. The fourth-order valence-electron chi connectivity index (χ4n) is 4.61. The summed E-state index contributed by atoms with van der Waals surface area (Å²) >= 11 is 0. The predicted molar refractivity (Wildman–Crippen MR) is 124 cm³/mol. The van der Waals surface area contributed by atoms with E-state index in [4.69, 9.17) is 11.1 Å². The first-order valence-corrected chi connectivity index (χ1v) is 10.9.